The normalized spacial score (nSPS) is 19.6. The molecule has 1 atom stereocenters. The molecular weight excluding hydrogens is 217 g/mol. The summed E-state index contributed by atoms with van der Waals surface area (Å²) in [6.45, 7) is 1.53. The standard InChI is InChI=1S/C14H16FNO/c1-10(17)16-14-4-2-3-12(9-14)11-5-7-13(15)8-6-11/h5-9,14H,2-4H2,1H3,(H,16,17)/t14-/m1/s1. The molecule has 2 nitrogen and oxygen atoms in total. The lowest BCUT2D eigenvalue weighted by Crippen LogP contribution is -2.32. The van der Waals surface area contributed by atoms with Crippen LogP contribution in [-0.4, -0.2) is 11.9 Å². The number of amides is 1. The van der Waals surface area contributed by atoms with Crippen molar-refractivity contribution in [1.29, 1.82) is 0 Å². The quantitative estimate of drug-likeness (QED) is 0.836. The molecule has 0 aromatic heterocycles. The summed E-state index contributed by atoms with van der Waals surface area (Å²) in [7, 11) is 0. The van der Waals surface area contributed by atoms with Gasteiger partial charge in [0.1, 0.15) is 5.82 Å². The van der Waals surface area contributed by atoms with Gasteiger partial charge in [0.15, 0.2) is 0 Å². The minimum absolute atomic E-state index is 0.00777. The Morgan fingerprint density at radius 1 is 1.35 bits per heavy atom. The molecule has 0 spiro atoms. The molecule has 1 amide bonds. The Balaban J connectivity index is 2.17. The monoisotopic (exact) mass is 233 g/mol. The van der Waals surface area contributed by atoms with Crippen molar-refractivity contribution in [3.05, 3.63) is 41.7 Å². The van der Waals surface area contributed by atoms with Crippen LogP contribution in [0.2, 0.25) is 0 Å². The van der Waals surface area contributed by atoms with Gasteiger partial charge in [0.25, 0.3) is 0 Å². The molecule has 1 aliphatic rings. The third-order valence-electron chi connectivity index (χ3n) is 2.97. The van der Waals surface area contributed by atoms with E-state index in [9.17, 15) is 9.18 Å². The number of rotatable bonds is 2. The van der Waals surface area contributed by atoms with Gasteiger partial charge >= 0.3 is 0 Å². The fourth-order valence-electron chi connectivity index (χ4n) is 2.20. The second kappa shape index (κ2) is 5.13. The van der Waals surface area contributed by atoms with Crippen molar-refractivity contribution in [3.8, 4) is 0 Å². The number of carbonyl (C=O) groups is 1. The van der Waals surface area contributed by atoms with Crippen LogP contribution in [0.4, 0.5) is 4.39 Å². The van der Waals surface area contributed by atoms with Crippen LogP contribution < -0.4 is 5.32 Å². The Bertz CT molecular complexity index is 436. The Morgan fingerprint density at radius 2 is 2.06 bits per heavy atom. The number of nitrogens with one attached hydrogen (secondary N) is 1. The molecule has 1 aliphatic carbocycles. The number of hydrogen-bond donors (Lipinski definition) is 1. The van der Waals surface area contributed by atoms with Crippen LogP contribution in [-0.2, 0) is 4.79 Å². The van der Waals surface area contributed by atoms with Crippen molar-refractivity contribution in [2.45, 2.75) is 32.2 Å². The van der Waals surface area contributed by atoms with Crippen molar-refractivity contribution < 1.29 is 9.18 Å². The van der Waals surface area contributed by atoms with E-state index < -0.39 is 0 Å². The molecule has 90 valence electrons. The largest absolute Gasteiger partial charge is 0.350 e. The highest BCUT2D eigenvalue weighted by Crippen LogP contribution is 2.26. The van der Waals surface area contributed by atoms with Crippen molar-refractivity contribution >= 4 is 11.5 Å². The topological polar surface area (TPSA) is 29.1 Å². The minimum atomic E-state index is -0.219. The fraction of sp³-hybridized carbons (Fsp3) is 0.357. The van der Waals surface area contributed by atoms with Crippen LogP contribution in [0.3, 0.4) is 0 Å². The SMILES string of the molecule is CC(=O)N[C@H]1C=C(c2ccc(F)cc2)CCC1. The van der Waals surface area contributed by atoms with Gasteiger partial charge in [-0.05, 0) is 42.5 Å². The molecule has 1 N–H and O–H groups in total. The summed E-state index contributed by atoms with van der Waals surface area (Å²) in [5.41, 5.74) is 2.23. The average molecular weight is 233 g/mol. The number of allylic oxidation sites excluding steroid dienone is 1. The predicted octanol–water partition coefficient (Wildman–Crippen LogP) is 2.90. The third-order valence-corrected chi connectivity index (χ3v) is 2.97. The molecule has 17 heavy (non-hydrogen) atoms. The Labute approximate surface area is 101 Å². The number of carbonyl (C=O) groups excluding carboxylic acids is 1. The first kappa shape index (κ1) is 11.8. The van der Waals surface area contributed by atoms with Crippen molar-refractivity contribution in [1.82, 2.24) is 5.32 Å². The summed E-state index contributed by atoms with van der Waals surface area (Å²) in [5, 5.41) is 2.90. The highest BCUT2D eigenvalue weighted by Gasteiger charge is 2.15. The Hall–Kier alpha value is -1.64. The molecule has 1 aromatic carbocycles. The van der Waals surface area contributed by atoms with Gasteiger partial charge in [-0.2, -0.15) is 0 Å². The van der Waals surface area contributed by atoms with Crippen LogP contribution in [0.5, 0.6) is 0 Å². The maximum absolute atomic E-state index is 12.8. The zero-order valence-corrected chi connectivity index (χ0v) is 9.87. The Kier molecular flexibility index (Phi) is 3.57. The molecule has 0 fully saturated rings. The summed E-state index contributed by atoms with van der Waals surface area (Å²) < 4.78 is 12.8. The molecule has 0 bridgehead atoms. The molecule has 0 aliphatic heterocycles. The summed E-state index contributed by atoms with van der Waals surface area (Å²) in [6.07, 6.45) is 5.10. The lowest BCUT2D eigenvalue weighted by Gasteiger charge is -2.21. The lowest BCUT2D eigenvalue weighted by atomic mass is 9.91. The van der Waals surface area contributed by atoms with E-state index in [1.54, 1.807) is 12.1 Å². The molecule has 0 saturated heterocycles. The number of benzene rings is 1. The second-order valence-electron chi connectivity index (χ2n) is 4.40. The summed E-state index contributed by atoms with van der Waals surface area (Å²) in [5.74, 6) is -0.227. The third kappa shape index (κ3) is 3.16. The average Bonchev–Trinajstić information content (AvgIpc) is 2.29. The van der Waals surface area contributed by atoms with Gasteiger partial charge in [0.2, 0.25) is 5.91 Å². The van der Waals surface area contributed by atoms with Crippen LogP contribution in [0, 0.1) is 5.82 Å². The zero-order chi connectivity index (χ0) is 12.3. The molecule has 3 heteroatoms. The van der Waals surface area contributed by atoms with Crippen molar-refractivity contribution in [3.63, 3.8) is 0 Å². The van der Waals surface area contributed by atoms with E-state index in [2.05, 4.69) is 11.4 Å². The summed E-state index contributed by atoms with van der Waals surface area (Å²) in [6, 6.07) is 6.63. The predicted molar refractivity (Wildman–Crippen MR) is 65.8 cm³/mol. The minimum Gasteiger partial charge on any atom is -0.350 e. The first-order valence-electron chi connectivity index (χ1n) is 5.89. The van der Waals surface area contributed by atoms with E-state index in [0.29, 0.717) is 0 Å². The number of halogens is 1. The van der Waals surface area contributed by atoms with E-state index in [1.807, 2.05) is 0 Å². The van der Waals surface area contributed by atoms with Crippen LogP contribution >= 0.6 is 0 Å². The van der Waals surface area contributed by atoms with Gasteiger partial charge in [-0.15, -0.1) is 0 Å². The molecule has 0 unspecified atom stereocenters. The van der Waals surface area contributed by atoms with Gasteiger partial charge < -0.3 is 5.32 Å². The molecule has 0 saturated carbocycles. The first-order chi connectivity index (χ1) is 8.15. The van der Waals surface area contributed by atoms with E-state index in [0.717, 1.165) is 24.8 Å². The highest BCUT2D eigenvalue weighted by atomic mass is 19.1. The molecule has 0 radical (unpaired) electrons. The van der Waals surface area contributed by atoms with E-state index in [1.165, 1.54) is 24.6 Å². The van der Waals surface area contributed by atoms with Gasteiger partial charge in [0, 0.05) is 13.0 Å². The maximum atomic E-state index is 12.8. The lowest BCUT2D eigenvalue weighted by molar-refractivity contribution is -0.119. The van der Waals surface area contributed by atoms with Gasteiger partial charge in [0.05, 0.1) is 0 Å². The summed E-state index contributed by atoms with van der Waals surface area (Å²) in [4.78, 5) is 11.0. The maximum Gasteiger partial charge on any atom is 0.217 e. The smallest absolute Gasteiger partial charge is 0.217 e. The molecular formula is C14H16FNO. The van der Waals surface area contributed by atoms with Gasteiger partial charge in [-0.3, -0.25) is 4.79 Å². The first-order valence-corrected chi connectivity index (χ1v) is 5.89. The second-order valence-corrected chi connectivity index (χ2v) is 4.40. The summed E-state index contributed by atoms with van der Waals surface area (Å²) >= 11 is 0. The van der Waals surface area contributed by atoms with Gasteiger partial charge in [-0.1, -0.05) is 18.2 Å². The fourth-order valence-corrected chi connectivity index (χ4v) is 2.20. The number of hydrogen-bond acceptors (Lipinski definition) is 1. The van der Waals surface area contributed by atoms with Crippen LogP contribution in [0.25, 0.3) is 5.57 Å². The highest BCUT2D eigenvalue weighted by molar-refractivity contribution is 5.74. The van der Waals surface area contributed by atoms with Crippen LogP contribution in [0.1, 0.15) is 31.7 Å². The Morgan fingerprint density at radius 3 is 2.71 bits per heavy atom. The molecule has 0 heterocycles. The van der Waals surface area contributed by atoms with E-state index in [-0.39, 0.29) is 17.8 Å². The van der Waals surface area contributed by atoms with E-state index in [4.69, 9.17) is 0 Å². The molecule has 2 rings (SSSR count). The molecule has 1 aromatic rings. The van der Waals surface area contributed by atoms with Crippen molar-refractivity contribution in [2.24, 2.45) is 0 Å². The van der Waals surface area contributed by atoms with E-state index >= 15 is 0 Å². The zero-order valence-electron chi connectivity index (χ0n) is 9.87. The van der Waals surface area contributed by atoms with Gasteiger partial charge in [-0.25, -0.2) is 4.39 Å². The van der Waals surface area contributed by atoms with Crippen molar-refractivity contribution in [2.75, 3.05) is 0 Å². The van der Waals surface area contributed by atoms with Crippen LogP contribution in [0.15, 0.2) is 30.3 Å².